The first-order valence-corrected chi connectivity index (χ1v) is 6.70. The predicted molar refractivity (Wildman–Crippen MR) is 68.9 cm³/mol. The van der Waals surface area contributed by atoms with Crippen LogP contribution in [-0.2, 0) is 9.59 Å². The van der Waals surface area contributed by atoms with Gasteiger partial charge in [0.15, 0.2) is 0 Å². The lowest BCUT2D eigenvalue weighted by Crippen LogP contribution is -2.46. The molecule has 4 N–H and O–H groups in total. The largest absolute Gasteiger partial charge is 0.481 e. The average Bonchev–Trinajstić information content (AvgIpc) is 2.37. The molecule has 18 heavy (non-hydrogen) atoms. The number of hydrogen-bond donors (Lipinski definition) is 3. The Labute approximate surface area is 108 Å². The zero-order chi connectivity index (χ0) is 13.7. The van der Waals surface area contributed by atoms with Crippen LogP contribution in [0.15, 0.2) is 0 Å². The molecule has 5 heteroatoms. The Hall–Kier alpha value is -1.10. The van der Waals surface area contributed by atoms with E-state index in [-0.39, 0.29) is 23.8 Å². The van der Waals surface area contributed by atoms with Crippen LogP contribution in [0.2, 0.25) is 0 Å². The lowest BCUT2D eigenvalue weighted by Gasteiger charge is -2.31. The molecule has 0 saturated heterocycles. The fourth-order valence-corrected chi connectivity index (χ4v) is 2.51. The minimum Gasteiger partial charge on any atom is -0.481 e. The Bertz CT molecular complexity index is 307. The Morgan fingerprint density at radius 1 is 1.33 bits per heavy atom. The van der Waals surface area contributed by atoms with E-state index in [2.05, 4.69) is 5.32 Å². The summed E-state index contributed by atoms with van der Waals surface area (Å²) < 4.78 is 0. The standard InChI is InChI=1S/C13H24N2O3/c1-8(13(17)18)9(2)15-12(16)11-6-4-3-5-10(11)7-14/h8-11H,3-7,14H2,1-2H3,(H,15,16)(H,17,18). The number of nitrogens with two attached hydrogens (primary N) is 1. The first-order chi connectivity index (χ1) is 8.47. The first kappa shape index (κ1) is 15.0. The SMILES string of the molecule is CC(NC(=O)C1CCCCC1CN)C(C)C(=O)O. The van der Waals surface area contributed by atoms with Gasteiger partial charge in [0.1, 0.15) is 0 Å². The molecular formula is C13H24N2O3. The molecule has 0 aromatic carbocycles. The Morgan fingerprint density at radius 3 is 2.50 bits per heavy atom. The second kappa shape index (κ2) is 6.73. The predicted octanol–water partition coefficient (Wildman–Crippen LogP) is 0.977. The summed E-state index contributed by atoms with van der Waals surface area (Å²) in [6.45, 7) is 3.87. The number of carboxylic acid groups (broad SMARTS) is 1. The number of carboxylic acids is 1. The van der Waals surface area contributed by atoms with Gasteiger partial charge < -0.3 is 16.2 Å². The molecule has 1 aliphatic rings. The zero-order valence-electron chi connectivity index (χ0n) is 11.2. The van der Waals surface area contributed by atoms with Gasteiger partial charge in [-0.25, -0.2) is 0 Å². The van der Waals surface area contributed by atoms with Crippen LogP contribution in [-0.4, -0.2) is 29.6 Å². The summed E-state index contributed by atoms with van der Waals surface area (Å²) in [4.78, 5) is 23.0. The van der Waals surface area contributed by atoms with Gasteiger partial charge in [-0.15, -0.1) is 0 Å². The van der Waals surface area contributed by atoms with Crippen molar-refractivity contribution in [3.63, 3.8) is 0 Å². The molecule has 1 rings (SSSR count). The fourth-order valence-electron chi connectivity index (χ4n) is 2.51. The lowest BCUT2D eigenvalue weighted by atomic mass is 9.78. The monoisotopic (exact) mass is 256 g/mol. The van der Waals surface area contributed by atoms with Crippen molar-refractivity contribution in [1.82, 2.24) is 5.32 Å². The number of hydrogen-bond acceptors (Lipinski definition) is 3. The normalized spacial score (nSPS) is 27.3. The van der Waals surface area contributed by atoms with Crippen molar-refractivity contribution in [3.8, 4) is 0 Å². The lowest BCUT2D eigenvalue weighted by molar-refractivity contribution is -0.142. The summed E-state index contributed by atoms with van der Waals surface area (Å²) in [7, 11) is 0. The second-order valence-electron chi connectivity index (χ2n) is 5.31. The molecule has 1 fully saturated rings. The number of carbonyl (C=O) groups excluding carboxylic acids is 1. The number of nitrogens with one attached hydrogen (secondary N) is 1. The van der Waals surface area contributed by atoms with E-state index in [4.69, 9.17) is 10.8 Å². The number of aliphatic carboxylic acids is 1. The Balaban J connectivity index is 2.55. The number of carbonyl (C=O) groups is 2. The van der Waals surface area contributed by atoms with Gasteiger partial charge in [0.2, 0.25) is 5.91 Å². The maximum absolute atomic E-state index is 12.1. The van der Waals surface area contributed by atoms with Crippen molar-refractivity contribution >= 4 is 11.9 Å². The van der Waals surface area contributed by atoms with Crippen molar-refractivity contribution in [2.45, 2.75) is 45.6 Å². The molecule has 0 heterocycles. The second-order valence-corrected chi connectivity index (χ2v) is 5.31. The van der Waals surface area contributed by atoms with E-state index in [1.54, 1.807) is 13.8 Å². The third kappa shape index (κ3) is 3.70. The van der Waals surface area contributed by atoms with E-state index in [0.29, 0.717) is 6.54 Å². The van der Waals surface area contributed by atoms with Gasteiger partial charge in [0, 0.05) is 12.0 Å². The van der Waals surface area contributed by atoms with Gasteiger partial charge in [-0.2, -0.15) is 0 Å². The van der Waals surface area contributed by atoms with E-state index in [0.717, 1.165) is 25.7 Å². The first-order valence-electron chi connectivity index (χ1n) is 6.70. The van der Waals surface area contributed by atoms with Gasteiger partial charge >= 0.3 is 5.97 Å². The van der Waals surface area contributed by atoms with E-state index >= 15 is 0 Å². The highest BCUT2D eigenvalue weighted by atomic mass is 16.4. The fraction of sp³-hybridized carbons (Fsp3) is 0.846. The maximum Gasteiger partial charge on any atom is 0.308 e. The van der Waals surface area contributed by atoms with Crippen molar-refractivity contribution in [1.29, 1.82) is 0 Å². The Kier molecular flexibility index (Phi) is 5.59. The van der Waals surface area contributed by atoms with Gasteiger partial charge in [-0.1, -0.05) is 12.8 Å². The van der Waals surface area contributed by atoms with Crippen LogP contribution < -0.4 is 11.1 Å². The molecule has 0 radical (unpaired) electrons. The summed E-state index contributed by atoms with van der Waals surface area (Å²) in [5.41, 5.74) is 5.70. The van der Waals surface area contributed by atoms with Crippen LogP contribution in [0.25, 0.3) is 0 Å². The molecule has 0 spiro atoms. The molecule has 4 atom stereocenters. The molecule has 1 amide bonds. The van der Waals surface area contributed by atoms with E-state index in [9.17, 15) is 9.59 Å². The smallest absolute Gasteiger partial charge is 0.308 e. The zero-order valence-corrected chi connectivity index (χ0v) is 11.2. The molecule has 0 aliphatic heterocycles. The van der Waals surface area contributed by atoms with Gasteiger partial charge in [0.05, 0.1) is 5.92 Å². The van der Waals surface area contributed by atoms with E-state index in [1.807, 2.05) is 0 Å². The molecule has 4 unspecified atom stereocenters. The van der Waals surface area contributed by atoms with Crippen LogP contribution in [0.5, 0.6) is 0 Å². The molecule has 0 aromatic rings. The molecule has 104 valence electrons. The van der Waals surface area contributed by atoms with Crippen molar-refractivity contribution in [3.05, 3.63) is 0 Å². The third-order valence-electron chi connectivity index (χ3n) is 4.06. The highest BCUT2D eigenvalue weighted by Crippen LogP contribution is 2.29. The minimum absolute atomic E-state index is 0.0363. The highest BCUT2D eigenvalue weighted by molar-refractivity contribution is 5.80. The number of amides is 1. The molecule has 1 saturated carbocycles. The molecule has 1 aliphatic carbocycles. The quantitative estimate of drug-likeness (QED) is 0.683. The summed E-state index contributed by atoms with van der Waals surface area (Å²) in [5.74, 6) is -1.31. The highest BCUT2D eigenvalue weighted by Gasteiger charge is 2.31. The third-order valence-corrected chi connectivity index (χ3v) is 4.06. The maximum atomic E-state index is 12.1. The summed E-state index contributed by atoms with van der Waals surface area (Å²) >= 11 is 0. The van der Waals surface area contributed by atoms with E-state index in [1.165, 1.54) is 0 Å². The Morgan fingerprint density at radius 2 is 1.94 bits per heavy atom. The van der Waals surface area contributed by atoms with Crippen LogP contribution >= 0.6 is 0 Å². The van der Waals surface area contributed by atoms with Crippen molar-refractivity contribution in [2.24, 2.45) is 23.5 Å². The van der Waals surface area contributed by atoms with Crippen LogP contribution in [0.1, 0.15) is 39.5 Å². The van der Waals surface area contributed by atoms with Crippen molar-refractivity contribution in [2.75, 3.05) is 6.54 Å². The summed E-state index contributed by atoms with van der Waals surface area (Å²) in [6, 6.07) is -0.352. The van der Waals surface area contributed by atoms with Crippen molar-refractivity contribution < 1.29 is 14.7 Å². The minimum atomic E-state index is -0.887. The molecule has 0 bridgehead atoms. The molecular weight excluding hydrogens is 232 g/mol. The van der Waals surface area contributed by atoms with Crippen LogP contribution in [0.4, 0.5) is 0 Å². The molecule has 5 nitrogen and oxygen atoms in total. The summed E-state index contributed by atoms with van der Waals surface area (Å²) in [5, 5.41) is 11.7. The summed E-state index contributed by atoms with van der Waals surface area (Å²) in [6.07, 6.45) is 4.05. The van der Waals surface area contributed by atoms with Crippen LogP contribution in [0, 0.1) is 17.8 Å². The average molecular weight is 256 g/mol. The van der Waals surface area contributed by atoms with E-state index < -0.39 is 11.9 Å². The van der Waals surface area contributed by atoms with Gasteiger partial charge in [-0.3, -0.25) is 9.59 Å². The van der Waals surface area contributed by atoms with Gasteiger partial charge in [0.25, 0.3) is 0 Å². The van der Waals surface area contributed by atoms with Gasteiger partial charge in [-0.05, 0) is 39.2 Å². The van der Waals surface area contributed by atoms with Crippen LogP contribution in [0.3, 0.4) is 0 Å². The topological polar surface area (TPSA) is 92.4 Å². The number of rotatable bonds is 5. The molecule has 0 aromatic heterocycles.